The first-order chi connectivity index (χ1) is 20.4. The highest BCUT2D eigenvalue weighted by Gasteiger charge is 2.25. The maximum atomic E-state index is 14.2. The van der Waals surface area contributed by atoms with Crippen LogP contribution in [-0.4, -0.2) is 67.3 Å². The standard InChI is InChI=1S/C30H30FN7O4/c31-24-13-19(15-32)1-2-21(24)18-42-30-33-9-5-27(36-30)34-22-6-10-37(11-7-22)17-28-35-25-4-3-20(29(39)40)14-26(25)38(28)16-23-8-12-41-23/h1-5,9,13-14,22-23H,6-8,10-12,16-18H2,(H,39,40)(H,33,34,36). The number of rotatable bonds is 10. The Morgan fingerprint density at radius 2 is 2.00 bits per heavy atom. The van der Waals surface area contributed by atoms with E-state index in [1.807, 2.05) is 6.07 Å². The van der Waals surface area contributed by atoms with Crippen LogP contribution >= 0.6 is 0 Å². The molecule has 2 aromatic heterocycles. The predicted molar refractivity (Wildman–Crippen MR) is 150 cm³/mol. The van der Waals surface area contributed by atoms with Gasteiger partial charge in [0.2, 0.25) is 0 Å². The Bertz CT molecular complexity index is 1640. The van der Waals surface area contributed by atoms with Crippen LogP contribution in [0.3, 0.4) is 0 Å². The first-order valence-corrected chi connectivity index (χ1v) is 13.9. The van der Waals surface area contributed by atoms with Crippen molar-refractivity contribution in [3.8, 4) is 12.1 Å². The van der Waals surface area contributed by atoms with E-state index in [9.17, 15) is 14.3 Å². The van der Waals surface area contributed by atoms with Gasteiger partial charge in [0, 0.05) is 37.5 Å². The SMILES string of the molecule is N#Cc1ccc(COc2nccc(NC3CCN(Cc4nc5ccc(C(=O)O)cc5n4CC4CCO4)CC3)n2)c(F)c1. The molecule has 0 spiro atoms. The molecule has 2 saturated heterocycles. The quantitative estimate of drug-likeness (QED) is 0.287. The van der Waals surface area contributed by atoms with Gasteiger partial charge >= 0.3 is 12.0 Å². The lowest BCUT2D eigenvalue weighted by atomic mass is 10.1. The van der Waals surface area contributed by atoms with E-state index < -0.39 is 11.8 Å². The van der Waals surface area contributed by atoms with Crippen molar-refractivity contribution >= 4 is 22.8 Å². The summed E-state index contributed by atoms with van der Waals surface area (Å²) in [7, 11) is 0. The second-order valence-electron chi connectivity index (χ2n) is 10.6. The molecule has 11 nitrogen and oxygen atoms in total. The molecule has 4 heterocycles. The molecule has 6 rings (SSSR count). The molecule has 2 N–H and O–H groups in total. The molecular formula is C30H30FN7O4. The molecule has 0 aliphatic carbocycles. The molecule has 0 amide bonds. The number of nitrogens with one attached hydrogen (secondary N) is 1. The van der Waals surface area contributed by atoms with E-state index in [4.69, 9.17) is 19.7 Å². The zero-order valence-electron chi connectivity index (χ0n) is 22.9. The molecule has 4 aromatic rings. The van der Waals surface area contributed by atoms with E-state index in [1.165, 1.54) is 12.1 Å². The zero-order chi connectivity index (χ0) is 29.1. The van der Waals surface area contributed by atoms with Crippen LogP contribution in [0.25, 0.3) is 11.0 Å². The van der Waals surface area contributed by atoms with Crippen molar-refractivity contribution in [2.24, 2.45) is 0 Å². The van der Waals surface area contributed by atoms with E-state index in [0.717, 1.165) is 55.8 Å². The summed E-state index contributed by atoms with van der Waals surface area (Å²) in [6.45, 7) is 3.73. The molecule has 2 aliphatic rings. The number of nitrogens with zero attached hydrogens (tertiary/aromatic N) is 6. The van der Waals surface area contributed by atoms with Crippen molar-refractivity contribution in [3.63, 3.8) is 0 Å². The van der Waals surface area contributed by atoms with Crippen LogP contribution in [0.4, 0.5) is 10.2 Å². The highest BCUT2D eigenvalue weighted by Crippen LogP contribution is 2.25. The number of imidazole rings is 1. The van der Waals surface area contributed by atoms with Gasteiger partial charge in [-0.1, -0.05) is 6.07 Å². The lowest BCUT2D eigenvalue weighted by molar-refractivity contribution is -0.0592. The number of nitriles is 1. The fraction of sp³-hybridized carbons (Fsp3) is 0.367. The number of halogens is 1. The average Bonchev–Trinajstić information content (AvgIpc) is 3.31. The highest BCUT2D eigenvalue weighted by atomic mass is 19.1. The van der Waals surface area contributed by atoms with E-state index in [-0.39, 0.29) is 35.9 Å². The monoisotopic (exact) mass is 571 g/mol. The maximum absolute atomic E-state index is 14.2. The van der Waals surface area contributed by atoms with Gasteiger partial charge in [0.1, 0.15) is 24.1 Å². The number of ether oxygens (including phenoxy) is 2. The summed E-state index contributed by atoms with van der Waals surface area (Å²) in [4.78, 5) is 27.3. The van der Waals surface area contributed by atoms with Crippen molar-refractivity contribution < 1.29 is 23.8 Å². The number of carbonyl (C=O) groups is 1. The van der Waals surface area contributed by atoms with Crippen molar-refractivity contribution in [1.82, 2.24) is 24.4 Å². The lowest BCUT2D eigenvalue weighted by Gasteiger charge is -2.33. The van der Waals surface area contributed by atoms with Crippen LogP contribution in [-0.2, 0) is 24.4 Å². The number of carboxylic acids is 1. The van der Waals surface area contributed by atoms with E-state index in [2.05, 4.69) is 24.8 Å². The number of aromatic carboxylic acids is 1. The fourth-order valence-electron chi connectivity index (χ4n) is 5.27. The van der Waals surface area contributed by atoms with Crippen molar-refractivity contribution in [3.05, 3.63) is 77.0 Å². The highest BCUT2D eigenvalue weighted by molar-refractivity contribution is 5.92. The second-order valence-corrected chi connectivity index (χ2v) is 10.6. The molecule has 2 aliphatic heterocycles. The van der Waals surface area contributed by atoms with Crippen molar-refractivity contribution in [1.29, 1.82) is 5.26 Å². The predicted octanol–water partition coefficient (Wildman–Crippen LogP) is 3.98. The number of likely N-dealkylation sites (tertiary alicyclic amines) is 1. The van der Waals surface area contributed by atoms with Crippen LogP contribution in [0.2, 0.25) is 0 Å². The first kappa shape index (κ1) is 27.6. The normalized spacial score (nSPS) is 17.5. The Morgan fingerprint density at radius 3 is 2.71 bits per heavy atom. The van der Waals surface area contributed by atoms with Crippen molar-refractivity contribution in [2.75, 3.05) is 25.0 Å². The Kier molecular flexibility index (Phi) is 7.94. The third-order valence-electron chi connectivity index (χ3n) is 7.73. The maximum Gasteiger partial charge on any atom is 0.335 e. The summed E-state index contributed by atoms with van der Waals surface area (Å²) in [6, 6.07) is 13.3. The van der Waals surface area contributed by atoms with Gasteiger partial charge in [0.15, 0.2) is 0 Å². The molecule has 2 aromatic carbocycles. The van der Waals surface area contributed by atoms with Gasteiger partial charge in [-0.2, -0.15) is 10.2 Å². The van der Waals surface area contributed by atoms with Gasteiger partial charge in [-0.15, -0.1) is 0 Å². The molecule has 12 heteroatoms. The summed E-state index contributed by atoms with van der Waals surface area (Å²) in [5.41, 5.74) is 2.42. The number of fused-ring (bicyclic) bond motifs is 1. The van der Waals surface area contributed by atoms with Gasteiger partial charge in [0.05, 0.1) is 47.4 Å². The van der Waals surface area contributed by atoms with Crippen LogP contribution < -0.4 is 10.1 Å². The van der Waals surface area contributed by atoms with Gasteiger partial charge < -0.3 is 24.5 Å². The summed E-state index contributed by atoms with van der Waals surface area (Å²) < 4.78 is 27.6. The Hall–Kier alpha value is -4.60. The number of hydrogen-bond acceptors (Lipinski definition) is 9. The second kappa shape index (κ2) is 12.1. The van der Waals surface area contributed by atoms with Crippen LogP contribution in [0.1, 0.15) is 46.6 Å². The molecular weight excluding hydrogens is 541 g/mol. The average molecular weight is 572 g/mol. The summed E-state index contributed by atoms with van der Waals surface area (Å²) in [6.07, 6.45) is 4.49. The van der Waals surface area contributed by atoms with Crippen LogP contribution in [0.5, 0.6) is 6.01 Å². The van der Waals surface area contributed by atoms with Crippen LogP contribution in [0.15, 0.2) is 48.7 Å². The number of benzene rings is 2. The summed E-state index contributed by atoms with van der Waals surface area (Å²) in [5.74, 6) is 0.0799. The third kappa shape index (κ3) is 6.17. The van der Waals surface area contributed by atoms with Gasteiger partial charge in [-0.05, 0) is 55.7 Å². The minimum absolute atomic E-state index is 0.0470. The van der Waals surface area contributed by atoms with Gasteiger partial charge in [-0.25, -0.2) is 19.2 Å². The molecule has 0 bridgehead atoms. The van der Waals surface area contributed by atoms with E-state index in [0.29, 0.717) is 24.5 Å². The van der Waals surface area contributed by atoms with E-state index >= 15 is 0 Å². The smallest absolute Gasteiger partial charge is 0.335 e. The van der Waals surface area contributed by atoms with Crippen LogP contribution in [0, 0.1) is 17.1 Å². The number of hydrogen-bond donors (Lipinski definition) is 2. The largest absolute Gasteiger partial charge is 0.478 e. The number of carboxylic acid groups (broad SMARTS) is 1. The number of aromatic nitrogens is 4. The molecule has 216 valence electrons. The van der Waals surface area contributed by atoms with Gasteiger partial charge in [-0.3, -0.25) is 4.90 Å². The Labute approximate surface area is 241 Å². The lowest BCUT2D eigenvalue weighted by Crippen LogP contribution is -2.39. The molecule has 2 fully saturated rings. The molecule has 42 heavy (non-hydrogen) atoms. The van der Waals surface area contributed by atoms with Gasteiger partial charge in [0.25, 0.3) is 0 Å². The molecule has 1 atom stereocenters. The molecule has 0 saturated carbocycles. The Balaban J connectivity index is 1.06. The number of piperidine rings is 1. The fourth-order valence-corrected chi connectivity index (χ4v) is 5.27. The van der Waals surface area contributed by atoms with Crippen molar-refractivity contribution in [2.45, 2.75) is 51.1 Å². The van der Waals surface area contributed by atoms with E-state index in [1.54, 1.807) is 36.5 Å². The molecule has 1 unspecified atom stereocenters. The topological polar surface area (TPSA) is 138 Å². The summed E-state index contributed by atoms with van der Waals surface area (Å²) in [5, 5.41) is 21.8. The molecule has 0 radical (unpaired) electrons. The first-order valence-electron chi connectivity index (χ1n) is 13.9. The third-order valence-corrected chi connectivity index (χ3v) is 7.73. The Morgan fingerprint density at radius 1 is 1.17 bits per heavy atom. The minimum atomic E-state index is -0.955. The summed E-state index contributed by atoms with van der Waals surface area (Å²) >= 11 is 0. The zero-order valence-corrected chi connectivity index (χ0v) is 22.9. The minimum Gasteiger partial charge on any atom is -0.478 e. The number of anilines is 1.